The van der Waals surface area contributed by atoms with Crippen molar-refractivity contribution in [3.05, 3.63) is 29.5 Å². The number of carboxylic acid groups (broad SMARTS) is 1. The molecule has 98 valence electrons. The van der Waals surface area contributed by atoms with Crippen LogP contribution in [0.25, 0.3) is 11.3 Å². The predicted molar refractivity (Wildman–Crippen MR) is 64.6 cm³/mol. The lowest BCUT2D eigenvalue weighted by atomic mass is 10.0. The fourth-order valence-electron chi connectivity index (χ4n) is 2.04. The molecule has 0 aliphatic carbocycles. The second-order valence-electron chi connectivity index (χ2n) is 4.14. The number of fused-ring (bicyclic) bond motifs is 1. The van der Waals surface area contributed by atoms with Gasteiger partial charge >= 0.3 is 5.97 Å². The van der Waals surface area contributed by atoms with Gasteiger partial charge in [0.25, 0.3) is 0 Å². The van der Waals surface area contributed by atoms with Crippen LogP contribution in [0, 0.1) is 6.92 Å². The van der Waals surface area contributed by atoms with Crippen molar-refractivity contribution >= 4 is 5.97 Å². The van der Waals surface area contributed by atoms with Crippen molar-refractivity contribution in [1.82, 2.24) is 5.16 Å². The van der Waals surface area contributed by atoms with Gasteiger partial charge in [-0.1, -0.05) is 5.16 Å². The second kappa shape index (κ2) is 4.31. The minimum atomic E-state index is -1.14. The van der Waals surface area contributed by atoms with Gasteiger partial charge in [0, 0.05) is 17.2 Å². The van der Waals surface area contributed by atoms with Crippen LogP contribution >= 0.6 is 0 Å². The lowest BCUT2D eigenvalue weighted by Gasteiger charge is -2.21. The molecule has 1 aromatic carbocycles. The molecule has 1 aliphatic rings. The maximum atomic E-state index is 10.8. The highest BCUT2D eigenvalue weighted by Crippen LogP contribution is 2.38. The Hall–Kier alpha value is -2.50. The van der Waals surface area contributed by atoms with Gasteiger partial charge in [0.1, 0.15) is 18.9 Å². The van der Waals surface area contributed by atoms with Crippen molar-refractivity contribution in [3.8, 4) is 22.8 Å². The van der Waals surface area contributed by atoms with Crippen LogP contribution in [-0.4, -0.2) is 29.4 Å². The summed E-state index contributed by atoms with van der Waals surface area (Å²) >= 11 is 0. The Balaban J connectivity index is 2.07. The molecule has 0 amide bonds. The second-order valence-corrected chi connectivity index (χ2v) is 4.14. The molecule has 1 N–H and O–H groups in total. The number of aromatic carboxylic acids is 1. The number of hydrogen-bond donors (Lipinski definition) is 1. The first-order chi connectivity index (χ1) is 9.16. The van der Waals surface area contributed by atoms with Crippen LogP contribution in [0.1, 0.15) is 16.1 Å². The molecular formula is C13H11NO5. The van der Waals surface area contributed by atoms with Gasteiger partial charge in [0.05, 0.1) is 0 Å². The molecular weight excluding hydrogens is 250 g/mol. The lowest BCUT2D eigenvalue weighted by molar-refractivity contribution is 0.0652. The molecule has 0 unspecified atom stereocenters. The van der Waals surface area contributed by atoms with E-state index in [0.717, 1.165) is 11.1 Å². The first kappa shape index (κ1) is 11.6. The number of hydrogen-bond acceptors (Lipinski definition) is 5. The molecule has 0 fully saturated rings. The largest absolute Gasteiger partial charge is 0.486 e. The molecule has 0 spiro atoms. The molecule has 2 aromatic rings. The fourth-order valence-corrected chi connectivity index (χ4v) is 2.04. The zero-order valence-electron chi connectivity index (χ0n) is 10.2. The molecule has 2 heterocycles. The summed E-state index contributed by atoms with van der Waals surface area (Å²) in [4.78, 5) is 10.8. The SMILES string of the molecule is Cc1c(-c2cc(C(=O)O)on2)ccc2c1OCCO2. The van der Waals surface area contributed by atoms with Crippen LogP contribution in [0.5, 0.6) is 11.5 Å². The number of carboxylic acids is 1. The average molecular weight is 261 g/mol. The molecule has 6 heteroatoms. The van der Waals surface area contributed by atoms with Crippen molar-refractivity contribution in [2.45, 2.75) is 6.92 Å². The zero-order valence-corrected chi connectivity index (χ0v) is 10.2. The summed E-state index contributed by atoms with van der Waals surface area (Å²) in [5, 5.41) is 12.6. The molecule has 0 radical (unpaired) electrons. The van der Waals surface area contributed by atoms with Crippen LogP contribution in [0.15, 0.2) is 22.7 Å². The zero-order chi connectivity index (χ0) is 13.4. The van der Waals surface area contributed by atoms with E-state index in [9.17, 15) is 4.79 Å². The molecule has 0 saturated carbocycles. The van der Waals surface area contributed by atoms with Gasteiger partial charge in [-0.05, 0) is 19.1 Å². The lowest BCUT2D eigenvalue weighted by Crippen LogP contribution is -2.16. The number of ether oxygens (including phenoxy) is 2. The fraction of sp³-hybridized carbons (Fsp3) is 0.231. The van der Waals surface area contributed by atoms with E-state index in [0.29, 0.717) is 30.4 Å². The molecule has 6 nitrogen and oxygen atoms in total. The van der Waals surface area contributed by atoms with Gasteiger partial charge in [0.15, 0.2) is 11.5 Å². The van der Waals surface area contributed by atoms with Gasteiger partial charge in [0.2, 0.25) is 5.76 Å². The van der Waals surface area contributed by atoms with Gasteiger partial charge in [-0.15, -0.1) is 0 Å². The Bertz CT molecular complexity index is 646. The van der Waals surface area contributed by atoms with E-state index in [1.54, 1.807) is 6.07 Å². The Kier molecular flexibility index (Phi) is 2.63. The summed E-state index contributed by atoms with van der Waals surface area (Å²) in [6.07, 6.45) is 0. The molecule has 3 rings (SSSR count). The summed E-state index contributed by atoms with van der Waals surface area (Å²) in [7, 11) is 0. The Morgan fingerprint density at radius 1 is 1.32 bits per heavy atom. The molecule has 1 aliphatic heterocycles. The Morgan fingerprint density at radius 2 is 2.11 bits per heavy atom. The number of nitrogens with zero attached hydrogens (tertiary/aromatic N) is 1. The highest BCUT2D eigenvalue weighted by molar-refractivity contribution is 5.86. The smallest absolute Gasteiger partial charge is 0.374 e. The van der Waals surface area contributed by atoms with E-state index in [1.165, 1.54) is 6.07 Å². The monoisotopic (exact) mass is 261 g/mol. The summed E-state index contributed by atoms with van der Waals surface area (Å²) in [6.45, 7) is 2.90. The van der Waals surface area contributed by atoms with Crippen molar-refractivity contribution in [1.29, 1.82) is 0 Å². The number of benzene rings is 1. The summed E-state index contributed by atoms with van der Waals surface area (Å²) in [5.41, 5.74) is 2.08. The Labute approximate surface area is 108 Å². The normalized spacial score (nSPS) is 13.3. The maximum Gasteiger partial charge on any atom is 0.374 e. The van der Waals surface area contributed by atoms with Gasteiger partial charge < -0.3 is 19.1 Å². The summed E-state index contributed by atoms with van der Waals surface area (Å²) in [6, 6.07) is 4.99. The maximum absolute atomic E-state index is 10.8. The molecule has 1 aromatic heterocycles. The van der Waals surface area contributed by atoms with Crippen LogP contribution < -0.4 is 9.47 Å². The molecule has 0 atom stereocenters. The summed E-state index contributed by atoms with van der Waals surface area (Å²) in [5.74, 6) is 0.0244. The van der Waals surface area contributed by atoms with E-state index in [2.05, 4.69) is 5.16 Å². The number of rotatable bonds is 2. The average Bonchev–Trinajstić information content (AvgIpc) is 2.89. The van der Waals surface area contributed by atoms with E-state index in [1.807, 2.05) is 13.0 Å². The van der Waals surface area contributed by atoms with E-state index in [4.69, 9.17) is 19.1 Å². The molecule has 19 heavy (non-hydrogen) atoms. The highest BCUT2D eigenvalue weighted by Gasteiger charge is 2.20. The van der Waals surface area contributed by atoms with E-state index in [-0.39, 0.29) is 5.76 Å². The molecule has 0 saturated heterocycles. The topological polar surface area (TPSA) is 81.8 Å². The van der Waals surface area contributed by atoms with Crippen LogP contribution in [-0.2, 0) is 0 Å². The van der Waals surface area contributed by atoms with Crippen LogP contribution in [0.3, 0.4) is 0 Å². The van der Waals surface area contributed by atoms with Crippen molar-refractivity contribution in [3.63, 3.8) is 0 Å². The van der Waals surface area contributed by atoms with Crippen LogP contribution in [0.2, 0.25) is 0 Å². The summed E-state index contributed by atoms with van der Waals surface area (Å²) < 4.78 is 15.8. The standard InChI is InChI=1S/C13H11NO5/c1-7-8(9-6-11(13(15)16)19-14-9)2-3-10-12(7)18-5-4-17-10/h2-3,6H,4-5H2,1H3,(H,15,16). The predicted octanol–water partition coefficient (Wildman–Crippen LogP) is 2.12. The quantitative estimate of drug-likeness (QED) is 0.891. The number of aromatic nitrogens is 1. The van der Waals surface area contributed by atoms with Gasteiger partial charge in [-0.2, -0.15) is 0 Å². The number of carbonyl (C=O) groups is 1. The molecule has 0 bridgehead atoms. The third kappa shape index (κ3) is 1.91. The van der Waals surface area contributed by atoms with Gasteiger partial charge in [-0.3, -0.25) is 0 Å². The first-order valence-electron chi connectivity index (χ1n) is 5.76. The van der Waals surface area contributed by atoms with Crippen LogP contribution in [0.4, 0.5) is 0 Å². The van der Waals surface area contributed by atoms with Crippen molar-refractivity contribution in [2.75, 3.05) is 13.2 Å². The minimum Gasteiger partial charge on any atom is -0.486 e. The van der Waals surface area contributed by atoms with E-state index < -0.39 is 5.97 Å². The van der Waals surface area contributed by atoms with E-state index >= 15 is 0 Å². The highest BCUT2D eigenvalue weighted by atomic mass is 16.6. The Morgan fingerprint density at radius 3 is 2.84 bits per heavy atom. The van der Waals surface area contributed by atoms with Crippen molar-refractivity contribution < 1.29 is 23.9 Å². The minimum absolute atomic E-state index is 0.190. The third-order valence-electron chi connectivity index (χ3n) is 2.95. The third-order valence-corrected chi connectivity index (χ3v) is 2.95. The first-order valence-corrected chi connectivity index (χ1v) is 5.76. The van der Waals surface area contributed by atoms with Crippen molar-refractivity contribution in [2.24, 2.45) is 0 Å². The van der Waals surface area contributed by atoms with Gasteiger partial charge in [-0.25, -0.2) is 4.79 Å².